The van der Waals surface area contributed by atoms with Gasteiger partial charge >= 0.3 is 0 Å². The van der Waals surface area contributed by atoms with Crippen molar-refractivity contribution >= 4 is 28.1 Å². The van der Waals surface area contributed by atoms with Crippen LogP contribution in [0, 0.1) is 0 Å². The quantitative estimate of drug-likeness (QED) is 0.748. The molecule has 0 aliphatic rings. The molecule has 0 fully saturated rings. The van der Waals surface area contributed by atoms with E-state index in [2.05, 4.69) is 9.97 Å². The van der Waals surface area contributed by atoms with Crippen LogP contribution in [-0.4, -0.2) is 15.0 Å². The second-order valence-corrected chi connectivity index (χ2v) is 4.61. The standard InChI is InChI=1S/C15H11N3OS/c16-15(20)13-9-10(6-8-18-13)19-14-5-1-4-12-11(14)3-2-7-17-12/h1-9H,(H2,16,20). The molecule has 98 valence electrons. The summed E-state index contributed by atoms with van der Waals surface area (Å²) in [5.41, 5.74) is 6.99. The maximum atomic E-state index is 5.89. The average Bonchev–Trinajstić information content (AvgIpc) is 2.48. The molecule has 2 N–H and O–H groups in total. The van der Waals surface area contributed by atoms with Crippen molar-refractivity contribution in [2.75, 3.05) is 0 Å². The molecule has 0 amide bonds. The van der Waals surface area contributed by atoms with Crippen LogP contribution in [0.5, 0.6) is 11.5 Å². The monoisotopic (exact) mass is 281 g/mol. The van der Waals surface area contributed by atoms with E-state index in [0.717, 1.165) is 16.7 Å². The van der Waals surface area contributed by atoms with Crippen molar-refractivity contribution in [3.8, 4) is 11.5 Å². The van der Waals surface area contributed by atoms with Crippen LogP contribution in [0.25, 0.3) is 10.9 Å². The molecule has 2 heterocycles. The number of pyridine rings is 2. The number of fused-ring (bicyclic) bond motifs is 1. The fourth-order valence-corrected chi connectivity index (χ4v) is 2.01. The maximum Gasteiger partial charge on any atom is 0.136 e. The zero-order chi connectivity index (χ0) is 13.9. The summed E-state index contributed by atoms with van der Waals surface area (Å²) in [5.74, 6) is 1.37. The second kappa shape index (κ2) is 5.22. The van der Waals surface area contributed by atoms with Gasteiger partial charge in [0.1, 0.15) is 22.2 Å². The molecule has 0 spiro atoms. The Morgan fingerprint density at radius 2 is 1.95 bits per heavy atom. The Labute approximate surface area is 121 Å². The average molecular weight is 281 g/mol. The normalized spacial score (nSPS) is 10.4. The molecule has 0 aliphatic heterocycles. The van der Waals surface area contributed by atoms with Crippen molar-refractivity contribution < 1.29 is 4.74 Å². The van der Waals surface area contributed by atoms with Gasteiger partial charge in [0, 0.05) is 23.8 Å². The minimum atomic E-state index is 0.245. The van der Waals surface area contributed by atoms with E-state index in [-0.39, 0.29) is 4.99 Å². The highest BCUT2D eigenvalue weighted by molar-refractivity contribution is 7.80. The summed E-state index contributed by atoms with van der Waals surface area (Å²) in [6.45, 7) is 0. The van der Waals surface area contributed by atoms with Crippen LogP contribution < -0.4 is 10.5 Å². The van der Waals surface area contributed by atoms with Gasteiger partial charge in [-0.1, -0.05) is 18.3 Å². The highest BCUT2D eigenvalue weighted by Crippen LogP contribution is 2.28. The lowest BCUT2D eigenvalue weighted by Crippen LogP contribution is -2.11. The summed E-state index contributed by atoms with van der Waals surface area (Å²) in [7, 11) is 0. The number of rotatable bonds is 3. The van der Waals surface area contributed by atoms with Gasteiger partial charge < -0.3 is 10.5 Å². The Hall–Kier alpha value is -2.53. The second-order valence-electron chi connectivity index (χ2n) is 4.17. The summed E-state index contributed by atoms with van der Waals surface area (Å²) in [4.78, 5) is 8.63. The highest BCUT2D eigenvalue weighted by atomic mass is 32.1. The van der Waals surface area contributed by atoms with Gasteiger partial charge in [-0.05, 0) is 30.3 Å². The molecule has 1 aromatic carbocycles. The van der Waals surface area contributed by atoms with Crippen LogP contribution in [0.4, 0.5) is 0 Å². The molecule has 0 radical (unpaired) electrons. The van der Waals surface area contributed by atoms with Crippen molar-refractivity contribution in [1.29, 1.82) is 0 Å². The van der Waals surface area contributed by atoms with Gasteiger partial charge in [-0.25, -0.2) is 0 Å². The predicted molar refractivity (Wildman–Crippen MR) is 81.9 cm³/mol. The number of thiocarbonyl (C=S) groups is 1. The Bertz CT molecular complexity index is 783. The summed E-state index contributed by atoms with van der Waals surface area (Å²) < 4.78 is 5.89. The lowest BCUT2D eigenvalue weighted by atomic mass is 10.2. The van der Waals surface area contributed by atoms with Crippen LogP contribution >= 0.6 is 12.2 Å². The number of aromatic nitrogens is 2. The number of benzene rings is 1. The lowest BCUT2D eigenvalue weighted by molar-refractivity contribution is 0.487. The van der Waals surface area contributed by atoms with Crippen molar-refractivity contribution in [3.63, 3.8) is 0 Å². The molecule has 0 bridgehead atoms. The molecule has 20 heavy (non-hydrogen) atoms. The lowest BCUT2D eigenvalue weighted by Gasteiger charge is -2.09. The predicted octanol–water partition coefficient (Wildman–Crippen LogP) is 3.06. The number of ether oxygens (including phenoxy) is 1. The van der Waals surface area contributed by atoms with Crippen molar-refractivity contribution in [2.45, 2.75) is 0 Å². The van der Waals surface area contributed by atoms with Crippen molar-refractivity contribution in [1.82, 2.24) is 9.97 Å². The number of hydrogen-bond donors (Lipinski definition) is 1. The molecular weight excluding hydrogens is 270 g/mol. The fourth-order valence-electron chi connectivity index (χ4n) is 1.90. The summed E-state index contributed by atoms with van der Waals surface area (Å²) in [6.07, 6.45) is 3.37. The third kappa shape index (κ3) is 2.44. The summed E-state index contributed by atoms with van der Waals surface area (Å²) in [5, 5.41) is 0.948. The number of nitrogens with two attached hydrogens (primary N) is 1. The van der Waals surface area contributed by atoms with E-state index in [4.69, 9.17) is 22.7 Å². The molecule has 0 aliphatic carbocycles. The third-order valence-corrected chi connectivity index (χ3v) is 3.03. The van der Waals surface area contributed by atoms with Gasteiger partial charge in [0.2, 0.25) is 0 Å². The Morgan fingerprint density at radius 1 is 1.05 bits per heavy atom. The zero-order valence-corrected chi connectivity index (χ0v) is 11.3. The van der Waals surface area contributed by atoms with Gasteiger partial charge in [0.05, 0.1) is 5.52 Å². The molecular formula is C15H11N3OS. The van der Waals surface area contributed by atoms with Gasteiger partial charge in [0.15, 0.2) is 0 Å². The molecule has 3 aromatic rings. The van der Waals surface area contributed by atoms with Crippen LogP contribution in [0.15, 0.2) is 54.9 Å². The molecule has 3 rings (SSSR count). The van der Waals surface area contributed by atoms with E-state index in [1.807, 2.05) is 30.3 Å². The molecule has 0 saturated heterocycles. The Morgan fingerprint density at radius 3 is 2.80 bits per heavy atom. The van der Waals surface area contributed by atoms with Gasteiger partial charge in [-0.15, -0.1) is 0 Å². The van der Waals surface area contributed by atoms with Crippen LogP contribution in [0.3, 0.4) is 0 Å². The number of nitrogens with zero attached hydrogens (tertiary/aromatic N) is 2. The fraction of sp³-hybridized carbons (Fsp3) is 0. The first kappa shape index (κ1) is 12.5. The topological polar surface area (TPSA) is 61.0 Å². The minimum absolute atomic E-state index is 0.245. The van der Waals surface area contributed by atoms with Crippen LogP contribution in [0.1, 0.15) is 5.69 Å². The maximum absolute atomic E-state index is 5.89. The smallest absolute Gasteiger partial charge is 0.136 e. The van der Waals surface area contributed by atoms with E-state index in [0.29, 0.717) is 11.4 Å². The first-order chi connectivity index (χ1) is 9.74. The summed E-state index contributed by atoms with van der Waals surface area (Å²) in [6, 6.07) is 13.1. The first-order valence-corrected chi connectivity index (χ1v) is 6.42. The number of hydrogen-bond acceptors (Lipinski definition) is 4. The molecule has 0 unspecified atom stereocenters. The molecule has 2 aromatic heterocycles. The van der Waals surface area contributed by atoms with E-state index >= 15 is 0 Å². The Balaban J connectivity index is 2.01. The van der Waals surface area contributed by atoms with Crippen molar-refractivity contribution in [3.05, 3.63) is 60.6 Å². The van der Waals surface area contributed by atoms with E-state index < -0.39 is 0 Å². The van der Waals surface area contributed by atoms with E-state index in [1.165, 1.54) is 0 Å². The Kier molecular flexibility index (Phi) is 3.26. The minimum Gasteiger partial charge on any atom is -0.457 e. The molecule has 0 atom stereocenters. The van der Waals surface area contributed by atoms with Gasteiger partial charge in [0.25, 0.3) is 0 Å². The molecule has 4 nitrogen and oxygen atoms in total. The zero-order valence-electron chi connectivity index (χ0n) is 10.5. The van der Waals surface area contributed by atoms with E-state index in [1.54, 1.807) is 24.5 Å². The van der Waals surface area contributed by atoms with Gasteiger partial charge in [-0.2, -0.15) is 0 Å². The highest BCUT2D eigenvalue weighted by Gasteiger charge is 2.05. The molecule has 5 heteroatoms. The third-order valence-electron chi connectivity index (χ3n) is 2.82. The SMILES string of the molecule is NC(=S)c1cc(Oc2cccc3ncccc23)ccn1. The first-order valence-electron chi connectivity index (χ1n) is 6.01. The van der Waals surface area contributed by atoms with Gasteiger partial charge in [-0.3, -0.25) is 9.97 Å². The van der Waals surface area contributed by atoms with Crippen LogP contribution in [-0.2, 0) is 0 Å². The largest absolute Gasteiger partial charge is 0.457 e. The molecule has 0 saturated carbocycles. The van der Waals surface area contributed by atoms with E-state index in [9.17, 15) is 0 Å². The van der Waals surface area contributed by atoms with Crippen molar-refractivity contribution in [2.24, 2.45) is 5.73 Å². The summed E-state index contributed by atoms with van der Waals surface area (Å²) >= 11 is 4.91. The van der Waals surface area contributed by atoms with Crippen LogP contribution in [0.2, 0.25) is 0 Å².